The van der Waals surface area contributed by atoms with E-state index in [1.54, 1.807) is 0 Å². The quantitative estimate of drug-likeness (QED) is 0.467. The molecule has 0 spiro atoms. The van der Waals surface area contributed by atoms with E-state index in [1.165, 1.54) is 4.43 Å². The molecule has 0 bridgehead atoms. The van der Waals surface area contributed by atoms with Crippen LogP contribution in [0, 0.1) is 0 Å². The first-order chi connectivity index (χ1) is 2.89. The van der Waals surface area contributed by atoms with Crippen LogP contribution in [0.5, 0.6) is 0 Å². The zero-order valence-corrected chi connectivity index (χ0v) is 5.48. The summed E-state index contributed by atoms with van der Waals surface area (Å²) < 4.78 is 1.44. The summed E-state index contributed by atoms with van der Waals surface area (Å²) in [6.07, 6.45) is 2.01. The van der Waals surface area contributed by atoms with Crippen molar-refractivity contribution in [1.82, 2.24) is 5.32 Å². The zero-order chi connectivity index (χ0) is 4.41. The van der Waals surface area contributed by atoms with E-state index in [1.807, 2.05) is 6.20 Å². The third-order valence-corrected chi connectivity index (χ3v) is 2.34. The maximum absolute atomic E-state index is 3.10. The van der Waals surface area contributed by atoms with Gasteiger partial charge in [-0.3, -0.25) is 0 Å². The van der Waals surface area contributed by atoms with Gasteiger partial charge in [0, 0.05) is 0 Å². The molecule has 6 heavy (non-hydrogen) atoms. The van der Waals surface area contributed by atoms with Gasteiger partial charge in [0.2, 0.25) is 0 Å². The molecule has 0 aromatic heterocycles. The first kappa shape index (κ1) is 4.14. The van der Waals surface area contributed by atoms with Crippen LogP contribution in [0.4, 0.5) is 0 Å². The summed E-state index contributed by atoms with van der Waals surface area (Å²) in [4.78, 5) is 2.20. The van der Waals surface area contributed by atoms with E-state index in [-0.39, 0.29) is 0 Å². The molecule has 0 unspecified atom stereocenters. The van der Waals surface area contributed by atoms with E-state index in [0.717, 1.165) is 0 Å². The third kappa shape index (κ3) is 0.720. The monoisotopic (exact) mass is 143 g/mol. The fraction of sp³-hybridized carbons (Fsp3) is 0.250. The second-order valence-corrected chi connectivity index (χ2v) is 3.75. The zero-order valence-electron chi connectivity index (χ0n) is 3.60. The molecule has 0 aromatic rings. The summed E-state index contributed by atoms with van der Waals surface area (Å²) >= 11 is 0.424. The minimum absolute atomic E-state index is 0.424. The molecule has 32 valence electrons. The van der Waals surface area contributed by atoms with Gasteiger partial charge in [-0.1, -0.05) is 0 Å². The van der Waals surface area contributed by atoms with Crippen LogP contribution in [0.25, 0.3) is 0 Å². The van der Waals surface area contributed by atoms with Crippen LogP contribution < -0.4 is 5.32 Å². The summed E-state index contributed by atoms with van der Waals surface area (Å²) in [5.41, 5.74) is 0. The molecule has 1 aliphatic rings. The Morgan fingerprint density at radius 3 is 2.83 bits per heavy atom. The van der Waals surface area contributed by atoms with Crippen molar-refractivity contribution in [2.24, 2.45) is 0 Å². The summed E-state index contributed by atoms with van der Waals surface area (Å²) in [5.74, 6) is 0. The molecule has 0 fully saturated rings. The summed E-state index contributed by atoms with van der Waals surface area (Å²) in [6.45, 7) is 2.12. The Balaban J connectivity index is 2.61. The van der Waals surface area contributed by atoms with E-state index < -0.39 is 0 Å². The molecule has 2 heteroatoms. The first-order valence-corrected chi connectivity index (χ1v) is 3.88. The molecular formula is C4H6AsN. The Labute approximate surface area is 43.7 Å². The molecule has 0 saturated carbocycles. The molecule has 1 aliphatic heterocycles. The summed E-state index contributed by atoms with van der Waals surface area (Å²) in [6, 6.07) is 0. The molecule has 1 N–H and O–H groups in total. The van der Waals surface area contributed by atoms with Crippen molar-refractivity contribution in [1.29, 1.82) is 0 Å². The molecule has 0 aromatic carbocycles. The van der Waals surface area contributed by atoms with E-state index in [2.05, 4.69) is 17.1 Å². The second-order valence-electron chi connectivity index (χ2n) is 1.17. The fourth-order valence-electron chi connectivity index (χ4n) is 0.344. The average Bonchev–Trinajstić information content (AvgIpc) is 1.86. The summed E-state index contributed by atoms with van der Waals surface area (Å²) in [5, 5.41) is 3.10. The van der Waals surface area contributed by atoms with Crippen LogP contribution in [0.15, 0.2) is 11.1 Å². The molecule has 0 amide bonds. The van der Waals surface area contributed by atoms with E-state index >= 15 is 0 Å². The van der Waals surface area contributed by atoms with Crippen LogP contribution in [-0.2, 0) is 0 Å². The Kier molecular flexibility index (Phi) is 1.11. The first-order valence-electron chi connectivity index (χ1n) is 1.85. The Hall–Kier alpha value is -0.0316. The van der Waals surface area contributed by atoms with Crippen molar-refractivity contribution < 1.29 is 0 Å². The van der Waals surface area contributed by atoms with Gasteiger partial charge in [0.05, 0.1) is 0 Å². The van der Waals surface area contributed by atoms with E-state index in [0.29, 0.717) is 15.3 Å². The van der Waals surface area contributed by atoms with Gasteiger partial charge in [-0.25, -0.2) is 0 Å². The summed E-state index contributed by atoms with van der Waals surface area (Å²) in [7, 11) is 0. The van der Waals surface area contributed by atoms with Crippen LogP contribution in [-0.4, -0.2) is 19.7 Å². The maximum atomic E-state index is 3.10. The number of hydrogen-bond donors (Lipinski definition) is 1. The topological polar surface area (TPSA) is 12.0 Å². The van der Waals surface area contributed by atoms with Gasteiger partial charge in [-0.2, -0.15) is 0 Å². The third-order valence-electron chi connectivity index (χ3n) is 0.635. The molecule has 1 rings (SSSR count). The molecule has 0 atom stereocenters. The van der Waals surface area contributed by atoms with Crippen molar-refractivity contribution in [3.63, 3.8) is 0 Å². The molecule has 0 aliphatic carbocycles. The number of rotatable bonds is 0. The predicted octanol–water partition coefficient (Wildman–Crippen LogP) is -0.0852. The van der Waals surface area contributed by atoms with Gasteiger partial charge >= 0.3 is 43.0 Å². The molecule has 1 nitrogen and oxygen atoms in total. The molecule has 1 heterocycles. The van der Waals surface area contributed by atoms with Crippen molar-refractivity contribution in [2.45, 2.75) is 6.92 Å². The van der Waals surface area contributed by atoms with E-state index in [4.69, 9.17) is 0 Å². The van der Waals surface area contributed by atoms with Crippen molar-refractivity contribution in [3.8, 4) is 0 Å². The Bertz CT molecular complexity index is 104. The normalized spacial score (nSPS) is 19.8. The fourth-order valence-corrected chi connectivity index (χ4v) is 1.44. The number of nitrogens with one attached hydrogen (secondary N) is 1. The van der Waals surface area contributed by atoms with Gasteiger partial charge in [-0.05, 0) is 0 Å². The van der Waals surface area contributed by atoms with Crippen LogP contribution >= 0.6 is 0 Å². The minimum atomic E-state index is 0.424. The van der Waals surface area contributed by atoms with Gasteiger partial charge in [0.15, 0.2) is 0 Å². The van der Waals surface area contributed by atoms with Gasteiger partial charge in [-0.15, -0.1) is 0 Å². The van der Waals surface area contributed by atoms with Crippen molar-refractivity contribution in [2.75, 3.05) is 0 Å². The van der Waals surface area contributed by atoms with Crippen LogP contribution in [0.3, 0.4) is 0 Å². The average molecular weight is 143 g/mol. The van der Waals surface area contributed by atoms with Crippen LogP contribution in [0.2, 0.25) is 0 Å². The SMILES string of the molecule is CC1=[As]C=CN1. The number of hydrogen-bond acceptors (Lipinski definition) is 1. The predicted molar refractivity (Wildman–Crippen MR) is 28.7 cm³/mol. The Morgan fingerprint density at radius 2 is 2.67 bits per heavy atom. The molecule has 0 saturated heterocycles. The van der Waals surface area contributed by atoms with Gasteiger partial charge in [0.1, 0.15) is 0 Å². The van der Waals surface area contributed by atoms with E-state index in [9.17, 15) is 0 Å². The molecular weight excluding hydrogens is 137 g/mol. The van der Waals surface area contributed by atoms with Crippen molar-refractivity contribution in [3.05, 3.63) is 11.1 Å². The van der Waals surface area contributed by atoms with Crippen LogP contribution in [0.1, 0.15) is 6.92 Å². The van der Waals surface area contributed by atoms with Crippen molar-refractivity contribution >= 4 is 19.7 Å². The molecule has 0 radical (unpaired) electrons. The standard InChI is InChI=1S/C4H6AsN/c1-4-5-2-3-6-4/h2-3,6H,1H3. The Morgan fingerprint density at radius 1 is 1.83 bits per heavy atom. The van der Waals surface area contributed by atoms with Gasteiger partial charge in [0.25, 0.3) is 0 Å². The van der Waals surface area contributed by atoms with Gasteiger partial charge < -0.3 is 0 Å². The second kappa shape index (κ2) is 1.61.